The van der Waals surface area contributed by atoms with Crippen molar-refractivity contribution in [3.63, 3.8) is 0 Å². The molecule has 1 N–H and O–H groups in total. The average Bonchev–Trinajstić information content (AvgIpc) is 2.53. The number of carbonyl (C=O) groups excluding carboxylic acids is 1. The molecule has 0 radical (unpaired) electrons. The Kier molecular flexibility index (Phi) is 4.63. The van der Waals surface area contributed by atoms with Gasteiger partial charge >= 0.3 is 5.97 Å². The lowest BCUT2D eigenvalue weighted by Gasteiger charge is -2.05. The van der Waals surface area contributed by atoms with E-state index in [0.717, 1.165) is 6.08 Å². The van der Waals surface area contributed by atoms with Crippen LogP contribution in [0.4, 0.5) is 4.39 Å². The first-order valence-corrected chi connectivity index (χ1v) is 6.48. The van der Waals surface area contributed by atoms with Crippen LogP contribution in [-0.4, -0.2) is 16.9 Å². The third kappa shape index (κ3) is 3.76. The maximum Gasteiger partial charge on any atom is 0.328 e. The second-order valence-electron chi connectivity index (χ2n) is 4.61. The molecule has 0 spiro atoms. The Morgan fingerprint density at radius 3 is 2.05 bits per heavy atom. The molecule has 4 heteroatoms. The number of ketones is 1. The molecule has 0 aliphatic carbocycles. The van der Waals surface area contributed by atoms with Crippen LogP contribution in [0.5, 0.6) is 0 Å². The Labute approximate surface area is 127 Å². The monoisotopic (exact) mass is 296 g/mol. The summed E-state index contributed by atoms with van der Waals surface area (Å²) in [6.07, 6.45) is 2.46. The first-order valence-electron chi connectivity index (χ1n) is 6.48. The summed E-state index contributed by atoms with van der Waals surface area (Å²) in [5.41, 5.74) is 1.93. The maximum atomic E-state index is 12.9. The molecular formula is C18H13FO3. The fraction of sp³-hybridized carbons (Fsp3) is 0. The largest absolute Gasteiger partial charge is 0.478 e. The Bertz CT molecular complexity index is 741. The van der Waals surface area contributed by atoms with E-state index in [1.54, 1.807) is 24.3 Å². The minimum atomic E-state index is -1.04. The zero-order valence-electron chi connectivity index (χ0n) is 11.6. The van der Waals surface area contributed by atoms with Crippen molar-refractivity contribution in [3.05, 3.63) is 83.7 Å². The van der Waals surface area contributed by atoms with Crippen molar-refractivity contribution in [1.82, 2.24) is 0 Å². The van der Waals surface area contributed by atoms with Crippen LogP contribution < -0.4 is 0 Å². The van der Waals surface area contributed by atoms with Crippen molar-refractivity contribution < 1.29 is 19.1 Å². The predicted octanol–water partition coefficient (Wildman–Crippen LogP) is 3.82. The van der Waals surface area contributed by atoms with Gasteiger partial charge in [-0.05, 0) is 29.3 Å². The molecule has 0 aromatic heterocycles. The van der Waals surface area contributed by atoms with Gasteiger partial charge in [0, 0.05) is 17.2 Å². The number of carbonyl (C=O) groups is 2. The zero-order chi connectivity index (χ0) is 16.1. The third-order valence-corrected chi connectivity index (χ3v) is 3.06. The molecule has 0 aliphatic heterocycles. The lowest BCUT2D eigenvalue weighted by molar-refractivity contribution is -0.131. The highest BCUT2D eigenvalue weighted by Crippen LogP contribution is 2.19. The summed E-state index contributed by atoms with van der Waals surface area (Å²) in [4.78, 5) is 22.7. The first-order chi connectivity index (χ1) is 10.5. The van der Waals surface area contributed by atoms with Gasteiger partial charge in [0.2, 0.25) is 0 Å². The van der Waals surface area contributed by atoms with Crippen molar-refractivity contribution in [2.45, 2.75) is 0 Å². The quantitative estimate of drug-likeness (QED) is 0.674. The van der Waals surface area contributed by atoms with E-state index in [1.807, 2.05) is 0 Å². The van der Waals surface area contributed by atoms with Gasteiger partial charge in [-0.2, -0.15) is 0 Å². The van der Waals surface area contributed by atoms with Gasteiger partial charge in [0.15, 0.2) is 5.78 Å². The number of carboxylic acid groups (broad SMARTS) is 1. The lowest BCUT2D eigenvalue weighted by Crippen LogP contribution is -2.01. The Hall–Kier alpha value is -3.01. The summed E-state index contributed by atoms with van der Waals surface area (Å²) >= 11 is 0. The van der Waals surface area contributed by atoms with Crippen LogP contribution in [0.3, 0.4) is 0 Å². The molecule has 0 unspecified atom stereocenters. The number of halogens is 1. The standard InChI is InChI=1S/C18H13FO3/c1-12(14-7-9-16(19)10-8-14)18(22)15-5-2-13(3-6-15)4-11-17(20)21/h2-11H,1H2,(H,20,21). The maximum absolute atomic E-state index is 12.9. The second kappa shape index (κ2) is 6.63. The van der Waals surface area contributed by atoms with E-state index in [1.165, 1.54) is 30.3 Å². The lowest BCUT2D eigenvalue weighted by atomic mass is 9.97. The molecule has 2 rings (SSSR count). The van der Waals surface area contributed by atoms with Crippen molar-refractivity contribution in [2.75, 3.05) is 0 Å². The molecule has 0 amide bonds. The highest BCUT2D eigenvalue weighted by atomic mass is 19.1. The minimum absolute atomic E-state index is 0.264. The smallest absolute Gasteiger partial charge is 0.328 e. The Balaban J connectivity index is 2.17. The van der Waals surface area contributed by atoms with E-state index >= 15 is 0 Å². The average molecular weight is 296 g/mol. The first kappa shape index (κ1) is 15.4. The van der Waals surface area contributed by atoms with Crippen LogP contribution in [0.25, 0.3) is 11.6 Å². The Morgan fingerprint density at radius 2 is 1.50 bits per heavy atom. The van der Waals surface area contributed by atoms with Gasteiger partial charge in [0.1, 0.15) is 5.82 Å². The number of allylic oxidation sites excluding steroid dienone is 1. The van der Waals surface area contributed by atoms with Gasteiger partial charge < -0.3 is 5.11 Å². The highest BCUT2D eigenvalue weighted by Gasteiger charge is 2.12. The summed E-state index contributed by atoms with van der Waals surface area (Å²) in [6.45, 7) is 3.75. The molecule has 3 nitrogen and oxygen atoms in total. The van der Waals surface area contributed by atoms with E-state index < -0.39 is 5.97 Å². The number of carboxylic acids is 1. The second-order valence-corrected chi connectivity index (χ2v) is 4.61. The molecule has 110 valence electrons. The van der Waals surface area contributed by atoms with E-state index in [9.17, 15) is 14.0 Å². The van der Waals surface area contributed by atoms with Crippen LogP contribution >= 0.6 is 0 Å². The van der Waals surface area contributed by atoms with Gasteiger partial charge in [0.25, 0.3) is 0 Å². The van der Waals surface area contributed by atoms with E-state index in [0.29, 0.717) is 16.7 Å². The Morgan fingerprint density at radius 1 is 0.955 bits per heavy atom. The van der Waals surface area contributed by atoms with Gasteiger partial charge in [-0.25, -0.2) is 9.18 Å². The molecule has 0 heterocycles. The number of aliphatic carboxylic acids is 1. The highest BCUT2D eigenvalue weighted by molar-refractivity contribution is 6.28. The number of Topliss-reactive ketones (excluding diaryl/α,β-unsaturated/α-hetero) is 1. The van der Waals surface area contributed by atoms with Crippen molar-refractivity contribution in [1.29, 1.82) is 0 Å². The van der Waals surface area contributed by atoms with Crippen molar-refractivity contribution in [3.8, 4) is 0 Å². The number of hydrogen-bond acceptors (Lipinski definition) is 2. The molecule has 2 aromatic carbocycles. The summed E-state index contributed by atoms with van der Waals surface area (Å²) in [5.74, 6) is -1.68. The third-order valence-electron chi connectivity index (χ3n) is 3.06. The fourth-order valence-electron chi connectivity index (χ4n) is 1.87. The molecule has 2 aromatic rings. The summed E-state index contributed by atoms with van der Waals surface area (Å²) in [7, 11) is 0. The van der Waals surface area contributed by atoms with Gasteiger partial charge in [-0.1, -0.05) is 43.0 Å². The molecule has 0 saturated heterocycles. The molecule has 22 heavy (non-hydrogen) atoms. The number of rotatable bonds is 5. The van der Waals surface area contributed by atoms with Crippen LogP contribution in [-0.2, 0) is 4.79 Å². The molecule has 0 bridgehead atoms. The molecular weight excluding hydrogens is 283 g/mol. The van der Waals surface area contributed by atoms with E-state index in [-0.39, 0.29) is 17.2 Å². The van der Waals surface area contributed by atoms with E-state index in [2.05, 4.69) is 6.58 Å². The number of benzene rings is 2. The van der Waals surface area contributed by atoms with Crippen LogP contribution in [0.15, 0.2) is 61.2 Å². The molecule has 0 saturated carbocycles. The zero-order valence-corrected chi connectivity index (χ0v) is 11.6. The summed E-state index contributed by atoms with van der Waals surface area (Å²) in [5, 5.41) is 8.56. The summed E-state index contributed by atoms with van der Waals surface area (Å²) in [6, 6.07) is 12.0. The summed E-state index contributed by atoms with van der Waals surface area (Å²) < 4.78 is 12.9. The van der Waals surface area contributed by atoms with Gasteiger partial charge in [-0.3, -0.25) is 4.79 Å². The SMILES string of the molecule is C=C(C(=O)c1ccc(C=CC(=O)O)cc1)c1ccc(F)cc1. The van der Waals surface area contributed by atoms with Crippen LogP contribution in [0, 0.1) is 5.82 Å². The van der Waals surface area contributed by atoms with E-state index in [4.69, 9.17) is 5.11 Å². The predicted molar refractivity (Wildman–Crippen MR) is 82.9 cm³/mol. The van der Waals surface area contributed by atoms with Crippen LogP contribution in [0.1, 0.15) is 21.5 Å². The van der Waals surface area contributed by atoms with Crippen molar-refractivity contribution >= 4 is 23.4 Å². The van der Waals surface area contributed by atoms with Gasteiger partial charge in [0.05, 0.1) is 0 Å². The molecule has 0 fully saturated rings. The van der Waals surface area contributed by atoms with Crippen molar-refractivity contribution in [2.24, 2.45) is 0 Å². The fourth-order valence-corrected chi connectivity index (χ4v) is 1.87. The minimum Gasteiger partial charge on any atom is -0.478 e. The number of hydrogen-bond donors (Lipinski definition) is 1. The molecule has 0 atom stereocenters. The van der Waals surface area contributed by atoms with Gasteiger partial charge in [-0.15, -0.1) is 0 Å². The molecule has 0 aliphatic rings. The normalized spacial score (nSPS) is 10.6. The van der Waals surface area contributed by atoms with Crippen LogP contribution in [0.2, 0.25) is 0 Å². The topological polar surface area (TPSA) is 54.4 Å².